The first-order valence-corrected chi connectivity index (χ1v) is 12.9. The summed E-state index contributed by atoms with van der Waals surface area (Å²) in [7, 11) is -2.15. The number of aryl methyl sites for hydroxylation is 2. The number of carbonyl (C=O) groups is 1. The Morgan fingerprint density at radius 3 is 2.73 bits per heavy atom. The van der Waals surface area contributed by atoms with Gasteiger partial charge in [-0.05, 0) is 43.5 Å². The molecule has 1 aliphatic rings. The molecule has 1 amide bonds. The van der Waals surface area contributed by atoms with E-state index in [1.165, 1.54) is 15.6 Å². The van der Waals surface area contributed by atoms with Crippen molar-refractivity contribution in [2.45, 2.75) is 38.1 Å². The molecule has 1 aliphatic heterocycles. The Kier molecular flexibility index (Phi) is 6.82. The SMILES string of the molecule is COc1ccc(CNC(=O)[C@@H]2CCCN(S(=O)(=O)c3cc(-c4noc(C)n4)sc3C)C2)cc1. The molecule has 3 heterocycles. The lowest BCUT2D eigenvalue weighted by Crippen LogP contribution is -2.45. The molecular formula is C22H26N4O5S2. The van der Waals surface area contributed by atoms with E-state index in [9.17, 15) is 13.2 Å². The quantitative estimate of drug-likeness (QED) is 0.541. The van der Waals surface area contributed by atoms with E-state index in [0.29, 0.717) is 47.4 Å². The average molecular weight is 491 g/mol. The molecule has 0 aliphatic carbocycles. The van der Waals surface area contributed by atoms with Gasteiger partial charge in [0.2, 0.25) is 27.6 Å². The lowest BCUT2D eigenvalue weighted by atomic mass is 9.99. The third-order valence-electron chi connectivity index (χ3n) is 5.62. The van der Waals surface area contributed by atoms with E-state index in [1.54, 1.807) is 27.0 Å². The van der Waals surface area contributed by atoms with Crippen molar-refractivity contribution >= 4 is 27.3 Å². The number of methoxy groups -OCH3 is 1. The van der Waals surface area contributed by atoms with E-state index in [-0.39, 0.29) is 17.3 Å². The lowest BCUT2D eigenvalue weighted by Gasteiger charge is -2.31. The number of amides is 1. The van der Waals surface area contributed by atoms with Crippen LogP contribution in [0.2, 0.25) is 0 Å². The maximum atomic E-state index is 13.4. The third-order valence-corrected chi connectivity index (χ3v) is 8.79. The second-order valence-corrected chi connectivity index (χ2v) is 11.1. The molecule has 0 bridgehead atoms. The van der Waals surface area contributed by atoms with Gasteiger partial charge in [-0.25, -0.2) is 8.42 Å². The number of carbonyl (C=O) groups excluding carboxylic acids is 1. The second kappa shape index (κ2) is 9.62. The number of rotatable bonds is 7. The molecule has 3 aromatic rings. The zero-order valence-corrected chi connectivity index (χ0v) is 20.3. The Morgan fingerprint density at radius 2 is 2.06 bits per heavy atom. The van der Waals surface area contributed by atoms with E-state index in [2.05, 4.69) is 15.5 Å². The largest absolute Gasteiger partial charge is 0.497 e. The number of thiophene rings is 1. The Morgan fingerprint density at radius 1 is 1.30 bits per heavy atom. The number of hydrogen-bond acceptors (Lipinski definition) is 8. The molecule has 2 aromatic heterocycles. The molecule has 1 fully saturated rings. The van der Waals surface area contributed by atoms with Crippen LogP contribution in [-0.2, 0) is 21.4 Å². The highest BCUT2D eigenvalue weighted by atomic mass is 32.2. The normalized spacial score (nSPS) is 17.1. The van der Waals surface area contributed by atoms with Crippen LogP contribution in [-0.4, -0.2) is 49.0 Å². The zero-order chi connectivity index (χ0) is 23.6. The van der Waals surface area contributed by atoms with Crippen LogP contribution in [0.1, 0.15) is 29.2 Å². The molecule has 176 valence electrons. The molecule has 4 rings (SSSR count). The Hall–Kier alpha value is -2.76. The van der Waals surface area contributed by atoms with Crippen LogP contribution < -0.4 is 10.1 Å². The number of aromatic nitrogens is 2. The number of nitrogens with zero attached hydrogens (tertiary/aromatic N) is 3. The van der Waals surface area contributed by atoms with Gasteiger partial charge in [-0.1, -0.05) is 17.3 Å². The van der Waals surface area contributed by atoms with Crippen molar-refractivity contribution in [1.29, 1.82) is 0 Å². The van der Waals surface area contributed by atoms with Gasteiger partial charge in [0.1, 0.15) is 5.75 Å². The molecule has 0 unspecified atom stereocenters. The Balaban J connectivity index is 1.43. The molecular weight excluding hydrogens is 464 g/mol. The minimum absolute atomic E-state index is 0.143. The molecule has 11 heteroatoms. The maximum absolute atomic E-state index is 13.4. The van der Waals surface area contributed by atoms with Crippen molar-refractivity contribution in [3.8, 4) is 16.5 Å². The molecule has 1 aromatic carbocycles. The van der Waals surface area contributed by atoms with E-state index >= 15 is 0 Å². The fourth-order valence-corrected chi connectivity index (χ4v) is 6.83. The molecule has 1 N–H and O–H groups in total. The van der Waals surface area contributed by atoms with Gasteiger partial charge in [0, 0.05) is 31.4 Å². The predicted octanol–water partition coefficient (Wildman–Crippen LogP) is 3.14. The highest BCUT2D eigenvalue weighted by Crippen LogP contribution is 2.35. The number of ether oxygens (including phenoxy) is 1. The number of nitrogens with one attached hydrogen (secondary N) is 1. The number of piperidine rings is 1. The second-order valence-electron chi connectivity index (χ2n) is 7.94. The molecule has 1 atom stereocenters. The van der Waals surface area contributed by atoms with Crippen LogP contribution in [0.4, 0.5) is 0 Å². The Bertz CT molecular complexity index is 1230. The number of benzene rings is 1. The van der Waals surface area contributed by atoms with Crippen molar-refractivity contribution in [2.24, 2.45) is 5.92 Å². The summed E-state index contributed by atoms with van der Waals surface area (Å²) < 4.78 is 38.3. The van der Waals surface area contributed by atoms with Gasteiger partial charge in [-0.3, -0.25) is 4.79 Å². The summed E-state index contributed by atoms with van der Waals surface area (Å²) in [5.41, 5.74) is 0.947. The van der Waals surface area contributed by atoms with Gasteiger partial charge in [-0.2, -0.15) is 9.29 Å². The highest BCUT2D eigenvalue weighted by Gasteiger charge is 2.35. The van der Waals surface area contributed by atoms with Crippen LogP contribution in [0, 0.1) is 19.8 Å². The first-order chi connectivity index (χ1) is 15.8. The molecule has 0 radical (unpaired) electrons. The summed E-state index contributed by atoms with van der Waals surface area (Å²) in [6.45, 7) is 4.36. The van der Waals surface area contributed by atoms with E-state index < -0.39 is 15.9 Å². The maximum Gasteiger partial charge on any atom is 0.244 e. The van der Waals surface area contributed by atoms with Gasteiger partial charge in [0.05, 0.1) is 22.8 Å². The molecule has 9 nitrogen and oxygen atoms in total. The standard InChI is InChI=1S/C22H26N4O5S2/c1-14-20(11-19(32-14)21-24-15(2)31-25-21)33(28,29)26-10-4-5-17(13-26)22(27)23-12-16-6-8-18(30-3)9-7-16/h6-9,11,17H,4-5,10,12-13H2,1-3H3,(H,23,27)/t17-/m1/s1. The minimum Gasteiger partial charge on any atom is -0.497 e. The first-order valence-electron chi connectivity index (χ1n) is 10.6. The van der Waals surface area contributed by atoms with Gasteiger partial charge in [0.25, 0.3) is 0 Å². The highest BCUT2D eigenvalue weighted by molar-refractivity contribution is 7.89. The summed E-state index contributed by atoms with van der Waals surface area (Å²) in [6, 6.07) is 9.04. The summed E-state index contributed by atoms with van der Waals surface area (Å²) in [5, 5.41) is 6.81. The predicted molar refractivity (Wildman–Crippen MR) is 123 cm³/mol. The minimum atomic E-state index is -3.75. The lowest BCUT2D eigenvalue weighted by molar-refractivity contribution is -0.126. The van der Waals surface area contributed by atoms with Crippen molar-refractivity contribution in [2.75, 3.05) is 20.2 Å². The average Bonchev–Trinajstić information content (AvgIpc) is 3.43. The number of hydrogen-bond donors (Lipinski definition) is 1. The monoisotopic (exact) mass is 490 g/mol. The van der Waals surface area contributed by atoms with Gasteiger partial charge in [0.15, 0.2) is 0 Å². The van der Waals surface area contributed by atoms with Crippen LogP contribution in [0.5, 0.6) is 5.75 Å². The van der Waals surface area contributed by atoms with Crippen LogP contribution in [0.15, 0.2) is 39.8 Å². The summed E-state index contributed by atoms with van der Waals surface area (Å²) in [5.74, 6) is 0.997. The molecule has 33 heavy (non-hydrogen) atoms. The summed E-state index contributed by atoms with van der Waals surface area (Å²) in [4.78, 5) is 18.5. The summed E-state index contributed by atoms with van der Waals surface area (Å²) >= 11 is 1.31. The van der Waals surface area contributed by atoms with Crippen LogP contribution >= 0.6 is 11.3 Å². The van der Waals surface area contributed by atoms with Gasteiger partial charge < -0.3 is 14.6 Å². The van der Waals surface area contributed by atoms with Crippen molar-refractivity contribution in [1.82, 2.24) is 19.8 Å². The fraction of sp³-hybridized carbons (Fsp3) is 0.409. The molecule has 1 saturated heterocycles. The van der Waals surface area contributed by atoms with Gasteiger partial charge in [-0.15, -0.1) is 11.3 Å². The van der Waals surface area contributed by atoms with Crippen molar-refractivity contribution < 1.29 is 22.5 Å². The van der Waals surface area contributed by atoms with E-state index in [1.807, 2.05) is 24.3 Å². The van der Waals surface area contributed by atoms with Crippen molar-refractivity contribution in [3.05, 3.63) is 46.7 Å². The van der Waals surface area contributed by atoms with E-state index in [4.69, 9.17) is 9.26 Å². The molecule has 0 spiro atoms. The van der Waals surface area contributed by atoms with Crippen LogP contribution in [0.3, 0.4) is 0 Å². The number of sulfonamides is 1. The third kappa shape index (κ3) is 5.10. The van der Waals surface area contributed by atoms with Crippen LogP contribution in [0.25, 0.3) is 10.7 Å². The summed E-state index contributed by atoms with van der Waals surface area (Å²) in [6.07, 6.45) is 1.27. The fourth-order valence-electron chi connectivity index (χ4n) is 3.82. The smallest absolute Gasteiger partial charge is 0.244 e. The van der Waals surface area contributed by atoms with E-state index in [0.717, 1.165) is 11.3 Å². The first kappa shape index (κ1) is 23.4. The van der Waals surface area contributed by atoms with Crippen molar-refractivity contribution in [3.63, 3.8) is 0 Å². The van der Waals surface area contributed by atoms with Gasteiger partial charge >= 0.3 is 0 Å². The molecule has 0 saturated carbocycles. The zero-order valence-electron chi connectivity index (χ0n) is 18.7. The topological polar surface area (TPSA) is 115 Å². The Labute approximate surface area is 196 Å².